The summed E-state index contributed by atoms with van der Waals surface area (Å²) in [6, 6.07) is 6.05. The smallest absolute Gasteiger partial charge is 0.105 e. The molecule has 1 aromatic rings. The highest BCUT2D eigenvalue weighted by Gasteiger charge is 2.16. The molecule has 106 valence electrons. The largest absolute Gasteiger partial charge is 0.395 e. The Labute approximate surface area is 125 Å². The highest BCUT2D eigenvalue weighted by atomic mass is 35.5. The topological polar surface area (TPSA) is 49.5 Å². The van der Waals surface area contributed by atoms with Crippen LogP contribution in [0.1, 0.15) is 32.3 Å². The van der Waals surface area contributed by atoms with Crippen LogP contribution in [0.2, 0.25) is 5.02 Å². The minimum atomic E-state index is 0.116. The fraction of sp³-hybridized carbons (Fsp3) is 0.500. The molecular weight excluding hydrogens is 280 g/mol. The molecule has 5 heteroatoms. The van der Waals surface area contributed by atoms with Crippen molar-refractivity contribution < 1.29 is 5.11 Å². The van der Waals surface area contributed by atoms with Gasteiger partial charge >= 0.3 is 0 Å². The summed E-state index contributed by atoms with van der Waals surface area (Å²) >= 11 is 11.1. The number of aliphatic hydroxyl groups is 1. The van der Waals surface area contributed by atoms with Gasteiger partial charge in [0.25, 0.3) is 0 Å². The lowest BCUT2D eigenvalue weighted by Crippen LogP contribution is -2.36. The summed E-state index contributed by atoms with van der Waals surface area (Å²) in [6.07, 6.45) is 2.04. The predicted octanol–water partition coefficient (Wildman–Crippen LogP) is 2.96. The van der Waals surface area contributed by atoms with Crippen LogP contribution in [-0.2, 0) is 0 Å². The van der Waals surface area contributed by atoms with Crippen LogP contribution in [0.25, 0.3) is 0 Å². The van der Waals surface area contributed by atoms with E-state index >= 15 is 0 Å². The lowest BCUT2D eigenvalue weighted by Gasteiger charge is -2.32. The first-order chi connectivity index (χ1) is 9.04. The van der Waals surface area contributed by atoms with Gasteiger partial charge in [0, 0.05) is 23.8 Å². The predicted molar refractivity (Wildman–Crippen MR) is 86.1 cm³/mol. The van der Waals surface area contributed by atoms with E-state index in [1.54, 1.807) is 0 Å². The van der Waals surface area contributed by atoms with Gasteiger partial charge in [0.05, 0.1) is 11.6 Å². The molecule has 0 aliphatic heterocycles. The van der Waals surface area contributed by atoms with Crippen molar-refractivity contribution in [1.82, 2.24) is 0 Å². The zero-order chi connectivity index (χ0) is 14.4. The summed E-state index contributed by atoms with van der Waals surface area (Å²) in [6.45, 7) is 4.99. The Hall–Kier alpha value is -0.840. The molecule has 0 radical (unpaired) electrons. The van der Waals surface area contributed by atoms with Crippen LogP contribution < -0.4 is 10.6 Å². The number of nitrogens with zero attached hydrogens (tertiary/aromatic N) is 1. The standard InChI is InChI=1S/C14H21ClN2OS/c1-3-10(4-2)17(7-8-18)11-5-6-12(14(16)19)13(15)9-11/h5-6,9-10,18H,3-4,7-8H2,1-2H3,(H2,16,19). The van der Waals surface area contributed by atoms with Crippen LogP contribution in [0.5, 0.6) is 0 Å². The molecule has 3 nitrogen and oxygen atoms in total. The van der Waals surface area contributed by atoms with Gasteiger partial charge in [-0.15, -0.1) is 0 Å². The summed E-state index contributed by atoms with van der Waals surface area (Å²) in [5.41, 5.74) is 7.29. The molecule has 19 heavy (non-hydrogen) atoms. The van der Waals surface area contributed by atoms with Gasteiger partial charge in [0.1, 0.15) is 4.99 Å². The maximum atomic E-state index is 9.23. The summed E-state index contributed by atoms with van der Waals surface area (Å²) < 4.78 is 0. The van der Waals surface area contributed by atoms with Gasteiger partial charge in [-0.25, -0.2) is 0 Å². The summed E-state index contributed by atoms with van der Waals surface area (Å²) in [5, 5.41) is 9.79. The lowest BCUT2D eigenvalue weighted by molar-refractivity contribution is 0.296. The lowest BCUT2D eigenvalue weighted by atomic mass is 10.1. The highest BCUT2D eigenvalue weighted by molar-refractivity contribution is 7.80. The molecule has 0 unspecified atom stereocenters. The minimum absolute atomic E-state index is 0.116. The van der Waals surface area contributed by atoms with E-state index in [1.807, 2.05) is 18.2 Å². The number of halogens is 1. The Bertz CT molecular complexity index is 435. The van der Waals surface area contributed by atoms with E-state index in [9.17, 15) is 5.11 Å². The first-order valence-corrected chi connectivity index (χ1v) is 7.30. The Kier molecular flexibility index (Phi) is 6.55. The summed E-state index contributed by atoms with van der Waals surface area (Å²) in [5.74, 6) is 0. The number of hydrogen-bond donors (Lipinski definition) is 2. The average Bonchev–Trinajstić information content (AvgIpc) is 2.38. The molecule has 0 aliphatic rings. The Morgan fingerprint density at radius 1 is 1.42 bits per heavy atom. The van der Waals surface area contributed by atoms with E-state index in [0.29, 0.717) is 28.2 Å². The quantitative estimate of drug-likeness (QED) is 0.760. The Morgan fingerprint density at radius 2 is 2.05 bits per heavy atom. The van der Waals surface area contributed by atoms with Crippen LogP contribution in [0.3, 0.4) is 0 Å². The zero-order valence-electron chi connectivity index (χ0n) is 11.4. The van der Waals surface area contributed by atoms with E-state index in [1.165, 1.54) is 0 Å². The molecule has 0 saturated heterocycles. The van der Waals surface area contributed by atoms with Crippen molar-refractivity contribution in [3.8, 4) is 0 Å². The van der Waals surface area contributed by atoms with Crippen molar-refractivity contribution in [1.29, 1.82) is 0 Å². The van der Waals surface area contributed by atoms with Crippen LogP contribution >= 0.6 is 23.8 Å². The molecule has 3 N–H and O–H groups in total. The molecule has 0 atom stereocenters. The molecule has 0 saturated carbocycles. The third-order valence-electron chi connectivity index (χ3n) is 3.27. The molecule has 0 aromatic heterocycles. The van der Waals surface area contributed by atoms with Gasteiger partial charge in [-0.1, -0.05) is 37.7 Å². The minimum Gasteiger partial charge on any atom is -0.395 e. The number of hydrogen-bond acceptors (Lipinski definition) is 3. The maximum absolute atomic E-state index is 9.23. The number of thiocarbonyl (C=S) groups is 1. The molecule has 0 fully saturated rings. The fourth-order valence-corrected chi connectivity index (χ4v) is 2.75. The van der Waals surface area contributed by atoms with Crippen molar-refractivity contribution in [3.63, 3.8) is 0 Å². The Balaban J connectivity index is 3.09. The SMILES string of the molecule is CCC(CC)N(CCO)c1ccc(C(N)=S)c(Cl)c1. The van der Waals surface area contributed by atoms with E-state index in [2.05, 4.69) is 18.7 Å². The monoisotopic (exact) mass is 300 g/mol. The van der Waals surface area contributed by atoms with Crippen LogP contribution in [0.4, 0.5) is 5.69 Å². The van der Waals surface area contributed by atoms with Crippen molar-refractivity contribution >= 4 is 34.5 Å². The number of anilines is 1. The number of nitrogens with two attached hydrogens (primary N) is 1. The van der Waals surface area contributed by atoms with Gasteiger partial charge < -0.3 is 15.7 Å². The molecule has 0 spiro atoms. The maximum Gasteiger partial charge on any atom is 0.105 e. The zero-order valence-corrected chi connectivity index (χ0v) is 13.0. The van der Waals surface area contributed by atoms with Gasteiger partial charge in [0.15, 0.2) is 0 Å². The van der Waals surface area contributed by atoms with Crippen molar-refractivity contribution in [3.05, 3.63) is 28.8 Å². The second kappa shape index (κ2) is 7.68. The first kappa shape index (κ1) is 16.2. The normalized spacial score (nSPS) is 10.8. The van der Waals surface area contributed by atoms with Crippen LogP contribution in [0.15, 0.2) is 18.2 Å². The molecule has 1 rings (SSSR count). The molecule has 0 heterocycles. The van der Waals surface area contributed by atoms with Gasteiger partial charge in [-0.05, 0) is 31.0 Å². The summed E-state index contributed by atoms with van der Waals surface area (Å²) in [4.78, 5) is 2.47. The van der Waals surface area contributed by atoms with Crippen molar-refractivity contribution in [2.45, 2.75) is 32.7 Å². The molecular formula is C14H21ClN2OS. The summed E-state index contributed by atoms with van der Waals surface area (Å²) in [7, 11) is 0. The van der Waals surface area contributed by atoms with Gasteiger partial charge in [0.2, 0.25) is 0 Å². The second-order valence-electron chi connectivity index (χ2n) is 4.42. The van der Waals surface area contributed by atoms with E-state index < -0.39 is 0 Å². The second-order valence-corrected chi connectivity index (χ2v) is 5.26. The Morgan fingerprint density at radius 3 is 2.47 bits per heavy atom. The molecule has 0 bridgehead atoms. The number of aliphatic hydroxyl groups excluding tert-OH is 1. The van der Waals surface area contributed by atoms with Gasteiger partial charge in [-0.3, -0.25) is 0 Å². The molecule has 0 amide bonds. The van der Waals surface area contributed by atoms with Crippen molar-refractivity contribution in [2.75, 3.05) is 18.1 Å². The average molecular weight is 301 g/mol. The fourth-order valence-electron chi connectivity index (χ4n) is 2.24. The van der Waals surface area contributed by atoms with E-state index in [4.69, 9.17) is 29.6 Å². The van der Waals surface area contributed by atoms with E-state index in [-0.39, 0.29) is 6.61 Å². The van der Waals surface area contributed by atoms with Crippen molar-refractivity contribution in [2.24, 2.45) is 5.73 Å². The first-order valence-electron chi connectivity index (χ1n) is 6.51. The van der Waals surface area contributed by atoms with Crippen LogP contribution in [-0.4, -0.2) is 29.3 Å². The highest BCUT2D eigenvalue weighted by Crippen LogP contribution is 2.26. The number of rotatable bonds is 7. The van der Waals surface area contributed by atoms with Gasteiger partial charge in [-0.2, -0.15) is 0 Å². The van der Waals surface area contributed by atoms with Crippen LogP contribution in [0, 0.1) is 0 Å². The third-order valence-corrected chi connectivity index (χ3v) is 3.81. The molecule has 0 aliphatic carbocycles. The van der Waals surface area contributed by atoms with E-state index in [0.717, 1.165) is 18.5 Å². The molecule has 1 aromatic carbocycles. The number of benzene rings is 1. The third kappa shape index (κ3) is 4.06.